The van der Waals surface area contributed by atoms with Crippen LogP contribution in [0, 0.1) is 13.8 Å². The van der Waals surface area contributed by atoms with Crippen molar-refractivity contribution < 1.29 is 19.1 Å². The maximum absolute atomic E-state index is 11.8. The van der Waals surface area contributed by atoms with Gasteiger partial charge in [0.2, 0.25) is 0 Å². The second-order valence-electron chi connectivity index (χ2n) is 5.47. The van der Waals surface area contributed by atoms with E-state index in [0.29, 0.717) is 5.16 Å². The van der Waals surface area contributed by atoms with Crippen molar-refractivity contribution in [3.05, 3.63) is 17.5 Å². The molecule has 2 N–H and O–H groups in total. The standard InChI is InChI=1S/C15H22N4O4S/c1-8(2)16-14(22)19-13(21)11(5)23-12(20)7-24-15-17-9(3)6-10(4)18-15/h6,8,11H,7H2,1-5H3,(H2,16,19,21,22)/t11-/m1/s1. The van der Waals surface area contributed by atoms with Gasteiger partial charge in [-0.25, -0.2) is 14.8 Å². The van der Waals surface area contributed by atoms with Crippen LogP contribution in [0.1, 0.15) is 32.2 Å². The number of hydrogen-bond donors (Lipinski definition) is 2. The zero-order valence-electron chi connectivity index (χ0n) is 14.4. The first-order valence-corrected chi connectivity index (χ1v) is 8.42. The molecule has 0 fully saturated rings. The number of thioether (sulfide) groups is 1. The predicted octanol–water partition coefficient (Wildman–Crippen LogP) is 1.35. The smallest absolute Gasteiger partial charge is 0.321 e. The number of hydrogen-bond acceptors (Lipinski definition) is 7. The van der Waals surface area contributed by atoms with E-state index < -0.39 is 24.0 Å². The zero-order valence-corrected chi connectivity index (χ0v) is 15.2. The lowest BCUT2D eigenvalue weighted by Crippen LogP contribution is -2.46. The molecule has 0 aliphatic rings. The van der Waals surface area contributed by atoms with E-state index in [1.54, 1.807) is 13.8 Å². The topological polar surface area (TPSA) is 110 Å². The van der Waals surface area contributed by atoms with Crippen LogP contribution in [0.4, 0.5) is 4.79 Å². The molecule has 24 heavy (non-hydrogen) atoms. The molecule has 0 unspecified atom stereocenters. The fourth-order valence-electron chi connectivity index (χ4n) is 1.68. The molecule has 1 heterocycles. The van der Waals surface area contributed by atoms with Gasteiger partial charge < -0.3 is 10.1 Å². The molecule has 8 nitrogen and oxygen atoms in total. The SMILES string of the molecule is Cc1cc(C)nc(SCC(=O)O[C@H](C)C(=O)NC(=O)NC(C)C)n1. The molecule has 1 aromatic rings. The first-order valence-electron chi connectivity index (χ1n) is 7.43. The average molecular weight is 354 g/mol. The highest BCUT2D eigenvalue weighted by molar-refractivity contribution is 7.99. The minimum atomic E-state index is -1.07. The van der Waals surface area contributed by atoms with Crippen LogP contribution in [-0.2, 0) is 14.3 Å². The molecule has 1 rings (SSSR count). The van der Waals surface area contributed by atoms with Gasteiger partial charge in [-0.15, -0.1) is 0 Å². The highest BCUT2D eigenvalue weighted by Gasteiger charge is 2.20. The summed E-state index contributed by atoms with van der Waals surface area (Å²) in [6.45, 7) is 8.60. The molecule has 0 aliphatic heterocycles. The van der Waals surface area contributed by atoms with Crippen molar-refractivity contribution in [1.82, 2.24) is 20.6 Å². The molecule has 0 saturated heterocycles. The fraction of sp³-hybridized carbons (Fsp3) is 0.533. The van der Waals surface area contributed by atoms with Crippen LogP contribution in [0.2, 0.25) is 0 Å². The molecule has 0 radical (unpaired) electrons. The Morgan fingerprint density at radius 2 is 1.75 bits per heavy atom. The number of esters is 1. The van der Waals surface area contributed by atoms with Gasteiger partial charge in [0.25, 0.3) is 5.91 Å². The van der Waals surface area contributed by atoms with Gasteiger partial charge in [-0.3, -0.25) is 14.9 Å². The lowest BCUT2D eigenvalue weighted by atomic mass is 10.3. The number of aryl methyl sites for hydroxylation is 2. The van der Waals surface area contributed by atoms with Crippen molar-refractivity contribution in [2.75, 3.05) is 5.75 Å². The molecule has 0 spiro atoms. The van der Waals surface area contributed by atoms with Gasteiger partial charge in [0.1, 0.15) is 0 Å². The molecule has 0 saturated carbocycles. The van der Waals surface area contributed by atoms with E-state index in [4.69, 9.17) is 4.74 Å². The number of nitrogens with zero attached hydrogens (tertiary/aromatic N) is 2. The van der Waals surface area contributed by atoms with E-state index >= 15 is 0 Å². The summed E-state index contributed by atoms with van der Waals surface area (Å²) in [6.07, 6.45) is -1.07. The molecule has 1 atom stereocenters. The van der Waals surface area contributed by atoms with Crippen molar-refractivity contribution in [2.45, 2.75) is 51.9 Å². The third-order valence-corrected chi connectivity index (χ3v) is 3.44. The van der Waals surface area contributed by atoms with Gasteiger partial charge in [0.15, 0.2) is 11.3 Å². The van der Waals surface area contributed by atoms with E-state index in [0.717, 1.165) is 23.1 Å². The lowest BCUT2D eigenvalue weighted by molar-refractivity contribution is -0.151. The molecule has 132 valence electrons. The third kappa shape index (κ3) is 7.40. The number of rotatable bonds is 6. The van der Waals surface area contributed by atoms with Crippen LogP contribution in [0.25, 0.3) is 0 Å². The summed E-state index contributed by atoms with van der Waals surface area (Å²) in [6, 6.07) is 1.09. The summed E-state index contributed by atoms with van der Waals surface area (Å²) in [5, 5.41) is 5.08. The molecule has 9 heteroatoms. The number of aromatic nitrogens is 2. The van der Waals surface area contributed by atoms with E-state index in [1.165, 1.54) is 6.92 Å². The molecule has 0 aliphatic carbocycles. The first kappa shape index (κ1) is 19.9. The Kier molecular flexibility index (Phi) is 7.63. The van der Waals surface area contributed by atoms with Gasteiger partial charge in [0.05, 0.1) is 5.75 Å². The van der Waals surface area contributed by atoms with Gasteiger partial charge >= 0.3 is 12.0 Å². The van der Waals surface area contributed by atoms with Gasteiger partial charge in [-0.1, -0.05) is 11.8 Å². The highest BCUT2D eigenvalue weighted by Crippen LogP contribution is 2.14. The summed E-state index contributed by atoms with van der Waals surface area (Å²) in [7, 11) is 0. The van der Waals surface area contributed by atoms with Crippen LogP contribution >= 0.6 is 11.8 Å². The molecular weight excluding hydrogens is 332 g/mol. The Bertz CT molecular complexity index is 601. The third-order valence-electron chi connectivity index (χ3n) is 2.61. The van der Waals surface area contributed by atoms with E-state index in [2.05, 4.69) is 20.6 Å². The summed E-state index contributed by atoms with van der Waals surface area (Å²) >= 11 is 1.13. The molecule has 1 aromatic heterocycles. The molecule has 3 amide bonds. The van der Waals surface area contributed by atoms with Crippen LogP contribution in [0.15, 0.2) is 11.2 Å². The van der Waals surface area contributed by atoms with Crippen LogP contribution < -0.4 is 10.6 Å². The predicted molar refractivity (Wildman–Crippen MR) is 89.6 cm³/mol. The normalized spacial score (nSPS) is 11.8. The van der Waals surface area contributed by atoms with Crippen molar-refractivity contribution >= 4 is 29.7 Å². The Balaban J connectivity index is 2.43. The maximum Gasteiger partial charge on any atom is 0.321 e. The number of amides is 3. The van der Waals surface area contributed by atoms with Crippen LogP contribution in [0.3, 0.4) is 0 Å². The Hall–Kier alpha value is -2.16. The minimum absolute atomic E-state index is 0.0291. The molecule has 0 bridgehead atoms. The molecular formula is C15H22N4O4S. The van der Waals surface area contributed by atoms with E-state index in [1.807, 2.05) is 19.9 Å². The van der Waals surface area contributed by atoms with Crippen molar-refractivity contribution in [3.63, 3.8) is 0 Å². The van der Waals surface area contributed by atoms with Crippen molar-refractivity contribution in [1.29, 1.82) is 0 Å². The zero-order chi connectivity index (χ0) is 18.3. The van der Waals surface area contributed by atoms with Gasteiger partial charge in [-0.2, -0.15) is 0 Å². The maximum atomic E-state index is 11.8. The average Bonchev–Trinajstić information content (AvgIpc) is 2.43. The number of urea groups is 1. The molecule has 0 aromatic carbocycles. The quantitative estimate of drug-likeness (QED) is 0.451. The first-order chi connectivity index (χ1) is 11.2. The van der Waals surface area contributed by atoms with Gasteiger partial charge in [-0.05, 0) is 40.7 Å². The Labute approximate surface area is 145 Å². The lowest BCUT2D eigenvalue weighted by Gasteiger charge is -2.14. The number of ether oxygens (including phenoxy) is 1. The van der Waals surface area contributed by atoms with Crippen LogP contribution in [-0.4, -0.2) is 45.8 Å². The van der Waals surface area contributed by atoms with Crippen LogP contribution in [0.5, 0.6) is 0 Å². The van der Waals surface area contributed by atoms with Gasteiger partial charge in [0, 0.05) is 17.4 Å². The number of imide groups is 1. The summed E-state index contributed by atoms with van der Waals surface area (Å²) in [4.78, 5) is 43.4. The largest absolute Gasteiger partial charge is 0.452 e. The fourth-order valence-corrected chi connectivity index (χ4v) is 2.41. The second kappa shape index (κ2) is 9.21. The minimum Gasteiger partial charge on any atom is -0.452 e. The number of carbonyl (C=O) groups is 3. The number of nitrogens with one attached hydrogen (secondary N) is 2. The number of carbonyl (C=O) groups excluding carboxylic acids is 3. The highest BCUT2D eigenvalue weighted by atomic mass is 32.2. The summed E-state index contributed by atoms with van der Waals surface area (Å²) in [5.74, 6) is -1.30. The van der Waals surface area contributed by atoms with Crippen molar-refractivity contribution in [3.8, 4) is 0 Å². The second-order valence-corrected chi connectivity index (χ2v) is 6.41. The Morgan fingerprint density at radius 3 is 2.29 bits per heavy atom. The van der Waals surface area contributed by atoms with E-state index in [-0.39, 0.29) is 11.8 Å². The summed E-state index contributed by atoms with van der Waals surface area (Å²) < 4.78 is 4.99. The van der Waals surface area contributed by atoms with E-state index in [9.17, 15) is 14.4 Å². The monoisotopic (exact) mass is 354 g/mol. The Morgan fingerprint density at radius 1 is 1.17 bits per heavy atom. The summed E-state index contributed by atoms with van der Waals surface area (Å²) in [5.41, 5.74) is 1.62. The van der Waals surface area contributed by atoms with Crippen molar-refractivity contribution in [2.24, 2.45) is 0 Å².